The number of benzene rings is 1. The molecule has 1 unspecified atom stereocenters. The van der Waals surface area contributed by atoms with Gasteiger partial charge in [-0.25, -0.2) is 13.9 Å². The molecule has 0 spiro atoms. The smallest absolute Gasteiger partial charge is 0.162 e. The van der Waals surface area contributed by atoms with E-state index in [9.17, 15) is 9.50 Å². The minimum absolute atomic E-state index is 0.0307. The third-order valence-electron chi connectivity index (χ3n) is 4.49. The van der Waals surface area contributed by atoms with Gasteiger partial charge in [-0.05, 0) is 37.5 Å². The van der Waals surface area contributed by atoms with Crippen LogP contribution in [-0.4, -0.2) is 31.9 Å². The number of aromatic nitrogens is 3. The Kier molecular flexibility index (Phi) is 4.65. The van der Waals surface area contributed by atoms with Crippen LogP contribution in [0.2, 0.25) is 5.02 Å². The summed E-state index contributed by atoms with van der Waals surface area (Å²) in [6, 6.07) is 6.20. The van der Waals surface area contributed by atoms with E-state index in [1.165, 1.54) is 18.5 Å². The number of hydrogen-bond donors (Lipinski definition) is 2. The molecule has 0 amide bonds. The van der Waals surface area contributed by atoms with Crippen molar-refractivity contribution in [2.75, 3.05) is 5.32 Å². The van der Waals surface area contributed by atoms with Crippen molar-refractivity contribution in [1.82, 2.24) is 14.6 Å². The van der Waals surface area contributed by atoms with Gasteiger partial charge in [-0.15, -0.1) is 0 Å². The van der Waals surface area contributed by atoms with Crippen molar-refractivity contribution >= 4 is 28.6 Å². The summed E-state index contributed by atoms with van der Waals surface area (Å²) >= 11 is 5.85. The number of fused-ring (bicyclic) bond motifs is 1. The standard InChI is InChI=1S/C18H18ClFN4O2/c19-14-8-11(4-5-15(14)20)23-18-17-16(6-7-24(17)22-10-21-18)26-13-3-1-2-12(25)9-13/h4-8,10,12-13,25H,1-3,9H2,(H,21,22,23)/t12-,13?/m0/s1. The number of rotatable bonds is 4. The van der Waals surface area contributed by atoms with Gasteiger partial charge in [-0.3, -0.25) is 0 Å². The molecule has 0 radical (unpaired) electrons. The molecule has 2 atom stereocenters. The highest BCUT2D eigenvalue weighted by atomic mass is 35.5. The second-order valence-electron chi connectivity index (χ2n) is 6.40. The van der Waals surface area contributed by atoms with Crippen LogP contribution in [-0.2, 0) is 0 Å². The fourth-order valence-electron chi connectivity index (χ4n) is 3.23. The molecule has 1 aromatic carbocycles. The van der Waals surface area contributed by atoms with Crippen LogP contribution in [0.15, 0.2) is 36.8 Å². The van der Waals surface area contributed by atoms with E-state index in [0.29, 0.717) is 29.2 Å². The summed E-state index contributed by atoms with van der Waals surface area (Å²) < 4.78 is 21.1. The summed E-state index contributed by atoms with van der Waals surface area (Å²) in [4.78, 5) is 4.29. The predicted molar refractivity (Wildman–Crippen MR) is 96.6 cm³/mol. The van der Waals surface area contributed by atoms with Gasteiger partial charge < -0.3 is 15.2 Å². The molecule has 4 rings (SSSR count). The minimum atomic E-state index is -0.479. The lowest BCUT2D eigenvalue weighted by Gasteiger charge is -2.26. The van der Waals surface area contributed by atoms with Crippen molar-refractivity contribution in [1.29, 1.82) is 0 Å². The van der Waals surface area contributed by atoms with Crippen molar-refractivity contribution in [3.63, 3.8) is 0 Å². The predicted octanol–water partition coefficient (Wildman–Crippen LogP) is 3.95. The maximum absolute atomic E-state index is 13.4. The van der Waals surface area contributed by atoms with Gasteiger partial charge in [0.25, 0.3) is 0 Å². The van der Waals surface area contributed by atoms with Crippen LogP contribution in [0.3, 0.4) is 0 Å². The number of nitrogens with zero attached hydrogens (tertiary/aromatic N) is 3. The number of aliphatic hydroxyl groups excluding tert-OH is 1. The number of nitrogens with one attached hydrogen (secondary N) is 1. The lowest BCUT2D eigenvalue weighted by atomic mass is 9.95. The Morgan fingerprint density at radius 2 is 2.19 bits per heavy atom. The summed E-state index contributed by atoms with van der Waals surface area (Å²) in [7, 11) is 0. The van der Waals surface area contributed by atoms with Gasteiger partial charge in [0.15, 0.2) is 11.6 Å². The molecule has 0 bridgehead atoms. The molecule has 3 aromatic rings. The van der Waals surface area contributed by atoms with E-state index in [-0.39, 0.29) is 17.2 Å². The van der Waals surface area contributed by atoms with E-state index in [0.717, 1.165) is 19.3 Å². The van der Waals surface area contributed by atoms with E-state index in [4.69, 9.17) is 16.3 Å². The molecule has 26 heavy (non-hydrogen) atoms. The summed E-state index contributed by atoms with van der Waals surface area (Å²) in [5, 5.41) is 17.2. The topological polar surface area (TPSA) is 71.7 Å². The molecule has 2 heterocycles. The second kappa shape index (κ2) is 7.09. The van der Waals surface area contributed by atoms with Crippen molar-refractivity contribution in [2.24, 2.45) is 0 Å². The van der Waals surface area contributed by atoms with Crippen LogP contribution < -0.4 is 10.1 Å². The first kappa shape index (κ1) is 17.1. The minimum Gasteiger partial charge on any atom is -0.488 e. The number of ether oxygens (including phenoxy) is 1. The third-order valence-corrected chi connectivity index (χ3v) is 4.78. The maximum Gasteiger partial charge on any atom is 0.162 e. The van der Waals surface area contributed by atoms with Crippen molar-refractivity contribution in [3.8, 4) is 5.75 Å². The van der Waals surface area contributed by atoms with Gasteiger partial charge >= 0.3 is 0 Å². The second-order valence-corrected chi connectivity index (χ2v) is 6.80. The Bertz CT molecular complexity index is 933. The Balaban J connectivity index is 1.64. The Morgan fingerprint density at radius 1 is 1.31 bits per heavy atom. The van der Waals surface area contributed by atoms with E-state index >= 15 is 0 Å². The van der Waals surface area contributed by atoms with Crippen LogP contribution in [0.1, 0.15) is 25.7 Å². The Morgan fingerprint density at radius 3 is 3.00 bits per heavy atom. The van der Waals surface area contributed by atoms with Crippen molar-refractivity contribution in [3.05, 3.63) is 47.6 Å². The van der Waals surface area contributed by atoms with Crippen LogP contribution in [0, 0.1) is 5.82 Å². The zero-order chi connectivity index (χ0) is 18.1. The van der Waals surface area contributed by atoms with Crippen LogP contribution in [0.4, 0.5) is 15.9 Å². The highest BCUT2D eigenvalue weighted by molar-refractivity contribution is 6.31. The molecule has 1 aliphatic carbocycles. The molecule has 6 nitrogen and oxygen atoms in total. The molecule has 136 valence electrons. The zero-order valence-electron chi connectivity index (χ0n) is 13.9. The maximum atomic E-state index is 13.4. The highest BCUT2D eigenvalue weighted by Gasteiger charge is 2.23. The summed E-state index contributed by atoms with van der Waals surface area (Å²) in [6.45, 7) is 0. The molecule has 0 saturated heterocycles. The van der Waals surface area contributed by atoms with E-state index < -0.39 is 5.82 Å². The van der Waals surface area contributed by atoms with Gasteiger partial charge in [-0.1, -0.05) is 11.6 Å². The van der Waals surface area contributed by atoms with Crippen molar-refractivity contribution in [2.45, 2.75) is 37.9 Å². The van der Waals surface area contributed by atoms with E-state index in [2.05, 4.69) is 15.4 Å². The van der Waals surface area contributed by atoms with Crippen LogP contribution in [0.5, 0.6) is 5.75 Å². The molecule has 2 N–H and O–H groups in total. The normalized spacial score (nSPS) is 20.3. The third kappa shape index (κ3) is 3.45. The number of aliphatic hydroxyl groups is 1. The molecular weight excluding hydrogens is 359 g/mol. The Labute approximate surface area is 154 Å². The van der Waals surface area contributed by atoms with Crippen LogP contribution >= 0.6 is 11.6 Å². The first-order valence-electron chi connectivity index (χ1n) is 8.49. The first-order chi connectivity index (χ1) is 12.6. The van der Waals surface area contributed by atoms with E-state index in [1.54, 1.807) is 16.8 Å². The molecule has 1 aliphatic rings. The lowest BCUT2D eigenvalue weighted by molar-refractivity contribution is 0.0544. The monoisotopic (exact) mass is 376 g/mol. The largest absolute Gasteiger partial charge is 0.488 e. The average molecular weight is 377 g/mol. The number of halogens is 2. The van der Waals surface area contributed by atoms with Gasteiger partial charge in [0.1, 0.15) is 23.8 Å². The number of anilines is 2. The van der Waals surface area contributed by atoms with Crippen LogP contribution in [0.25, 0.3) is 5.52 Å². The van der Waals surface area contributed by atoms with Gasteiger partial charge in [0, 0.05) is 24.4 Å². The fourth-order valence-corrected chi connectivity index (χ4v) is 3.41. The quantitative estimate of drug-likeness (QED) is 0.721. The molecular formula is C18H18ClFN4O2. The fraction of sp³-hybridized carbons (Fsp3) is 0.333. The summed E-state index contributed by atoms with van der Waals surface area (Å²) in [6.07, 6.45) is 6.12. The number of hydrogen-bond acceptors (Lipinski definition) is 5. The molecule has 1 saturated carbocycles. The van der Waals surface area contributed by atoms with Crippen molar-refractivity contribution < 1.29 is 14.2 Å². The molecule has 2 aromatic heterocycles. The van der Waals surface area contributed by atoms with Gasteiger partial charge in [-0.2, -0.15) is 5.10 Å². The molecule has 1 fully saturated rings. The first-order valence-corrected chi connectivity index (χ1v) is 8.87. The van der Waals surface area contributed by atoms with Gasteiger partial charge in [0.2, 0.25) is 0 Å². The van der Waals surface area contributed by atoms with E-state index in [1.807, 2.05) is 6.07 Å². The zero-order valence-corrected chi connectivity index (χ0v) is 14.7. The Hall–Kier alpha value is -2.38. The SMILES string of the molecule is O[C@H]1CCCC(Oc2ccn3ncnc(Nc4ccc(F)c(Cl)c4)c23)C1. The summed E-state index contributed by atoms with van der Waals surface area (Å²) in [5.74, 6) is 0.687. The molecule has 8 heteroatoms. The highest BCUT2D eigenvalue weighted by Crippen LogP contribution is 2.32. The average Bonchev–Trinajstić information content (AvgIpc) is 3.02. The summed E-state index contributed by atoms with van der Waals surface area (Å²) in [5.41, 5.74) is 1.28. The lowest BCUT2D eigenvalue weighted by Crippen LogP contribution is -2.28. The molecule has 0 aliphatic heterocycles. The van der Waals surface area contributed by atoms with Gasteiger partial charge in [0.05, 0.1) is 11.1 Å².